The summed E-state index contributed by atoms with van der Waals surface area (Å²) in [6.07, 6.45) is 0. The average molecular weight is 202 g/mol. The Morgan fingerprint density at radius 2 is 2.33 bits per heavy atom. The predicted molar refractivity (Wildman–Crippen MR) is 51.2 cm³/mol. The van der Waals surface area contributed by atoms with Gasteiger partial charge in [-0.2, -0.15) is 0 Å². The van der Waals surface area contributed by atoms with E-state index in [0.29, 0.717) is 10.8 Å². The molecule has 0 aliphatic carbocycles. The SMILES string of the molecule is O=S1CCNc2ccc(Cl)cc21. The summed E-state index contributed by atoms with van der Waals surface area (Å²) >= 11 is 5.78. The standard InChI is InChI=1S/C8H8ClNOS/c9-6-1-2-7-8(5-6)12(11)4-3-10-7/h1-2,5,10H,3-4H2. The van der Waals surface area contributed by atoms with Gasteiger partial charge in [-0.1, -0.05) is 11.6 Å². The zero-order valence-corrected chi connectivity index (χ0v) is 7.91. The lowest BCUT2D eigenvalue weighted by molar-refractivity contribution is 0.682. The van der Waals surface area contributed by atoms with Crippen molar-refractivity contribution in [3.63, 3.8) is 0 Å². The van der Waals surface area contributed by atoms with Crippen molar-refractivity contribution in [3.05, 3.63) is 23.2 Å². The quantitative estimate of drug-likeness (QED) is 0.695. The van der Waals surface area contributed by atoms with E-state index in [1.165, 1.54) is 0 Å². The second-order valence-electron chi connectivity index (χ2n) is 2.62. The minimum atomic E-state index is -0.872. The van der Waals surface area contributed by atoms with Gasteiger partial charge in [-0.25, -0.2) is 0 Å². The van der Waals surface area contributed by atoms with Crippen LogP contribution in [-0.2, 0) is 10.8 Å². The molecule has 0 radical (unpaired) electrons. The van der Waals surface area contributed by atoms with E-state index >= 15 is 0 Å². The Labute approximate surface area is 78.4 Å². The van der Waals surface area contributed by atoms with E-state index in [1.54, 1.807) is 12.1 Å². The number of halogens is 1. The lowest BCUT2D eigenvalue weighted by atomic mass is 10.3. The van der Waals surface area contributed by atoms with Gasteiger partial charge in [-0.05, 0) is 18.2 Å². The van der Waals surface area contributed by atoms with Crippen molar-refractivity contribution in [2.75, 3.05) is 17.6 Å². The molecule has 1 aromatic carbocycles. The summed E-state index contributed by atoms with van der Waals surface area (Å²) in [4.78, 5) is 0.828. The fraction of sp³-hybridized carbons (Fsp3) is 0.250. The molecule has 2 rings (SSSR count). The van der Waals surface area contributed by atoms with Gasteiger partial charge >= 0.3 is 0 Å². The van der Waals surface area contributed by atoms with Gasteiger partial charge in [-0.3, -0.25) is 4.21 Å². The molecule has 0 aromatic heterocycles. The fourth-order valence-electron chi connectivity index (χ4n) is 1.22. The second-order valence-corrected chi connectivity index (χ2v) is 4.59. The van der Waals surface area contributed by atoms with Gasteiger partial charge in [0.15, 0.2) is 0 Å². The number of anilines is 1. The number of benzene rings is 1. The molecule has 1 atom stereocenters. The number of hydrogen-bond acceptors (Lipinski definition) is 2. The summed E-state index contributed by atoms with van der Waals surface area (Å²) in [5.41, 5.74) is 0.948. The third-order valence-electron chi connectivity index (χ3n) is 1.79. The number of rotatable bonds is 0. The van der Waals surface area contributed by atoms with Crippen LogP contribution in [0.4, 0.5) is 5.69 Å². The molecular formula is C8H8ClNOS. The summed E-state index contributed by atoms with van der Waals surface area (Å²) in [5, 5.41) is 3.81. The van der Waals surface area contributed by atoms with Gasteiger partial charge in [-0.15, -0.1) is 0 Å². The third-order valence-corrected chi connectivity index (χ3v) is 3.43. The van der Waals surface area contributed by atoms with Gasteiger partial charge < -0.3 is 5.32 Å². The molecule has 1 aliphatic heterocycles. The molecule has 1 aromatic rings. The zero-order valence-electron chi connectivity index (χ0n) is 6.34. The van der Waals surface area contributed by atoms with E-state index in [9.17, 15) is 4.21 Å². The van der Waals surface area contributed by atoms with E-state index in [0.717, 1.165) is 17.1 Å². The molecule has 0 saturated heterocycles. The van der Waals surface area contributed by atoms with Gasteiger partial charge in [0, 0.05) is 17.3 Å². The van der Waals surface area contributed by atoms with Crippen LogP contribution in [0.1, 0.15) is 0 Å². The van der Waals surface area contributed by atoms with E-state index in [4.69, 9.17) is 11.6 Å². The smallest absolute Gasteiger partial charge is 0.0634 e. The van der Waals surface area contributed by atoms with Crippen LogP contribution in [-0.4, -0.2) is 16.5 Å². The van der Waals surface area contributed by atoms with Crippen molar-refractivity contribution in [3.8, 4) is 0 Å². The van der Waals surface area contributed by atoms with E-state index in [2.05, 4.69) is 5.32 Å². The first-order valence-corrected chi connectivity index (χ1v) is 5.39. The Balaban J connectivity index is 2.54. The molecule has 1 N–H and O–H groups in total. The third kappa shape index (κ3) is 1.34. The summed E-state index contributed by atoms with van der Waals surface area (Å²) < 4.78 is 11.5. The van der Waals surface area contributed by atoms with Crippen LogP contribution in [0, 0.1) is 0 Å². The highest BCUT2D eigenvalue weighted by Crippen LogP contribution is 2.26. The monoisotopic (exact) mass is 201 g/mol. The first kappa shape index (κ1) is 8.08. The van der Waals surface area contributed by atoms with Crippen molar-refractivity contribution < 1.29 is 4.21 Å². The van der Waals surface area contributed by atoms with E-state index < -0.39 is 10.8 Å². The van der Waals surface area contributed by atoms with Gasteiger partial charge in [0.2, 0.25) is 0 Å². The Bertz CT molecular complexity index is 340. The maximum atomic E-state index is 11.5. The summed E-state index contributed by atoms with van der Waals surface area (Å²) in [6.45, 7) is 0.779. The normalized spacial score (nSPS) is 21.2. The molecule has 0 fully saturated rings. The number of nitrogens with one attached hydrogen (secondary N) is 1. The van der Waals surface area contributed by atoms with Gasteiger partial charge in [0.25, 0.3) is 0 Å². The van der Waals surface area contributed by atoms with Crippen LogP contribution >= 0.6 is 11.6 Å². The summed E-state index contributed by atoms with van der Waals surface area (Å²) in [6, 6.07) is 5.43. The topological polar surface area (TPSA) is 29.1 Å². The molecule has 0 spiro atoms. The lowest BCUT2D eigenvalue weighted by Crippen LogP contribution is -2.18. The first-order valence-electron chi connectivity index (χ1n) is 3.69. The zero-order chi connectivity index (χ0) is 8.55. The van der Waals surface area contributed by atoms with Crippen molar-refractivity contribution in [1.82, 2.24) is 0 Å². The molecule has 1 unspecified atom stereocenters. The maximum Gasteiger partial charge on any atom is 0.0634 e. The Morgan fingerprint density at radius 3 is 3.17 bits per heavy atom. The summed E-state index contributed by atoms with van der Waals surface area (Å²) in [5.74, 6) is 0.674. The minimum absolute atomic E-state index is 0.644. The van der Waals surface area contributed by atoms with E-state index in [-0.39, 0.29) is 0 Å². The average Bonchev–Trinajstić information content (AvgIpc) is 2.07. The minimum Gasteiger partial charge on any atom is -0.383 e. The van der Waals surface area contributed by atoms with Crippen LogP contribution in [0.25, 0.3) is 0 Å². The molecule has 1 heterocycles. The second kappa shape index (κ2) is 3.07. The summed E-state index contributed by atoms with van der Waals surface area (Å²) in [7, 11) is -0.872. The van der Waals surface area contributed by atoms with Crippen molar-refractivity contribution in [2.45, 2.75) is 4.90 Å². The molecule has 64 valence electrons. The van der Waals surface area contributed by atoms with E-state index in [1.807, 2.05) is 6.07 Å². The molecule has 0 bridgehead atoms. The Kier molecular flexibility index (Phi) is 2.07. The van der Waals surface area contributed by atoms with Gasteiger partial charge in [0.1, 0.15) is 0 Å². The molecule has 4 heteroatoms. The van der Waals surface area contributed by atoms with Crippen LogP contribution in [0.2, 0.25) is 5.02 Å². The molecule has 0 saturated carbocycles. The van der Waals surface area contributed by atoms with Crippen molar-refractivity contribution >= 4 is 28.1 Å². The number of hydrogen-bond donors (Lipinski definition) is 1. The van der Waals surface area contributed by atoms with Crippen LogP contribution in [0.3, 0.4) is 0 Å². The fourth-order valence-corrected chi connectivity index (χ4v) is 2.61. The number of fused-ring (bicyclic) bond motifs is 1. The molecule has 12 heavy (non-hydrogen) atoms. The van der Waals surface area contributed by atoms with Crippen LogP contribution in [0.15, 0.2) is 23.1 Å². The van der Waals surface area contributed by atoms with Crippen molar-refractivity contribution in [1.29, 1.82) is 0 Å². The highest BCUT2D eigenvalue weighted by molar-refractivity contribution is 7.85. The molecule has 1 aliphatic rings. The predicted octanol–water partition coefficient (Wildman–Crippen LogP) is 1.87. The molecule has 0 amide bonds. The largest absolute Gasteiger partial charge is 0.383 e. The highest BCUT2D eigenvalue weighted by Gasteiger charge is 2.14. The van der Waals surface area contributed by atoms with Crippen LogP contribution < -0.4 is 5.32 Å². The molecule has 2 nitrogen and oxygen atoms in total. The van der Waals surface area contributed by atoms with Gasteiger partial charge in [0.05, 0.1) is 21.4 Å². The molecular weight excluding hydrogens is 194 g/mol. The lowest BCUT2D eigenvalue weighted by Gasteiger charge is -2.16. The Morgan fingerprint density at radius 1 is 1.50 bits per heavy atom. The highest BCUT2D eigenvalue weighted by atomic mass is 35.5. The first-order chi connectivity index (χ1) is 5.77. The maximum absolute atomic E-state index is 11.5. The van der Waals surface area contributed by atoms with Crippen LogP contribution in [0.5, 0.6) is 0 Å². The Hall–Kier alpha value is -0.540. The van der Waals surface area contributed by atoms with Crippen molar-refractivity contribution in [2.24, 2.45) is 0 Å².